The molecule has 0 saturated heterocycles. The number of nitrogens with one attached hydrogen (secondary N) is 1. The molecule has 0 aliphatic heterocycles. The summed E-state index contributed by atoms with van der Waals surface area (Å²) in [5, 5.41) is 3.91. The molecule has 0 aromatic heterocycles. The number of benzene rings is 3. The van der Waals surface area contributed by atoms with Crippen LogP contribution >= 0.6 is 23.2 Å². The summed E-state index contributed by atoms with van der Waals surface area (Å²) in [4.78, 5) is 12.9. The first-order valence-corrected chi connectivity index (χ1v) is 12.2. The highest BCUT2D eigenvalue weighted by Gasteiger charge is 2.28. The van der Waals surface area contributed by atoms with Crippen LogP contribution in [0.25, 0.3) is 0 Å². The van der Waals surface area contributed by atoms with Gasteiger partial charge in [-0.3, -0.25) is 4.79 Å². The Kier molecular flexibility index (Phi) is 7.96. The van der Waals surface area contributed by atoms with Gasteiger partial charge in [-0.25, -0.2) is 8.42 Å². The molecule has 0 saturated carbocycles. The molecule has 0 radical (unpaired) electrons. The van der Waals surface area contributed by atoms with Crippen LogP contribution in [0.1, 0.15) is 29.7 Å². The monoisotopic (exact) mass is 490 g/mol. The molecule has 1 atom stereocenters. The summed E-state index contributed by atoms with van der Waals surface area (Å²) >= 11 is 11.9. The van der Waals surface area contributed by atoms with E-state index in [4.69, 9.17) is 23.2 Å². The Labute approximate surface area is 199 Å². The predicted octanol–water partition coefficient (Wildman–Crippen LogP) is 5.37. The zero-order valence-corrected chi connectivity index (χ0v) is 20.1. The van der Waals surface area contributed by atoms with Crippen molar-refractivity contribution in [3.05, 3.63) is 99.5 Å². The largest absolute Gasteiger partial charge is 0.348 e. The van der Waals surface area contributed by atoms with Crippen LogP contribution < -0.4 is 5.32 Å². The molecule has 0 bridgehead atoms. The van der Waals surface area contributed by atoms with Gasteiger partial charge in [-0.1, -0.05) is 59.6 Å². The van der Waals surface area contributed by atoms with Gasteiger partial charge in [-0.2, -0.15) is 4.31 Å². The molecule has 5 nitrogen and oxygen atoms in total. The molecular formula is C24H24Cl2N2O3S. The first kappa shape index (κ1) is 24.3. The lowest BCUT2D eigenvalue weighted by molar-refractivity contribution is -0.122. The van der Waals surface area contributed by atoms with Crippen LogP contribution in [0.3, 0.4) is 0 Å². The van der Waals surface area contributed by atoms with E-state index in [0.717, 1.165) is 16.7 Å². The molecule has 0 spiro atoms. The van der Waals surface area contributed by atoms with E-state index in [1.165, 1.54) is 28.6 Å². The maximum absolute atomic E-state index is 13.4. The second-order valence-corrected chi connectivity index (χ2v) is 10.3. The maximum Gasteiger partial charge on any atom is 0.243 e. The summed E-state index contributed by atoms with van der Waals surface area (Å²) in [7, 11) is -3.94. The third-order valence-corrected chi connectivity index (χ3v) is 7.44. The topological polar surface area (TPSA) is 66.5 Å². The number of aryl methyl sites for hydroxylation is 1. The minimum absolute atomic E-state index is 0.0698. The summed E-state index contributed by atoms with van der Waals surface area (Å²) in [6.45, 7) is 3.49. The van der Waals surface area contributed by atoms with E-state index in [2.05, 4.69) is 5.32 Å². The zero-order chi connectivity index (χ0) is 23.3. The molecule has 32 heavy (non-hydrogen) atoms. The number of amides is 1. The average molecular weight is 491 g/mol. The van der Waals surface area contributed by atoms with Crippen LogP contribution in [0.15, 0.2) is 77.7 Å². The van der Waals surface area contributed by atoms with Crippen molar-refractivity contribution >= 4 is 39.1 Å². The molecule has 0 aliphatic rings. The van der Waals surface area contributed by atoms with Gasteiger partial charge in [0, 0.05) is 16.6 Å². The van der Waals surface area contributed by atoms with Crippen LogP contribution in [0.2, 0.25) is 10.0 Å². The fourth-order valence-corrected chi connectivity index (χ4v) is 4.87. The van der Waals surface area contributed by atoms with Crippen molar-refractivity contribution in [2.45, 2.75) is 31.3 Å². The summed E-state index contributed by atoms with van der Waals surface area (Å²) < 4.78 is 27.9. The third kappa shape index (κ3) is 6.11. The van der Waals surface area contributed by atoms with Crippen molar-refractivity contribution in [2.24, 2.45) is 0 Å². The van der Waals surface area contributed by atoms with E-state index < -0.39 is 15.9 Å². The minimum atomic E-state index is -3.94. The van der Waals surface area contributed by atoms with Gasteiger partial charge < -0.3 is 5.32 Å². The van der Waals surface area contributed by atoms with Crippen LogP contribution in [-0.2, 0) is 21.4 Å². The standard InChI is InChI=1S/C24H24Cl2N2O3S/c1-17-5-3-4-6-20(17)15-28(32(30,31)23-13-11-22(26)12-14-23)16-24(29)27-18(2)19-7-9-21(25)10-8-19/h3-14,18H,15-16H2,1-2H3,(H,27,29). The molecule has 3 rings (SSSR count). The van der Waals surface area contributed by atoms with Crippen LogP contribution in [0, 0.1) is 6.92 Å². The average Bonchev–Trinajstić information content (AvgIpc) is 2.75. The second kappa shape index (κ2) is 10.5. The first-order valence-electron chi connectivity index (χ1n) is 10.0. The normalized spacial score (nSPS) is 12.5. The van der Waals surface area contributed by atoms with Gasteiger partial charge in [0.2, 0.25) is 15.9 Å². The van der Waals surface area contributed by atoms with Crippen molar-refractivity contribution < 1.29 is 13.2 Å². The molecule has 0 aliphatic carbocycles. The molecule has 0 fully saturated rings. The first-order chi connectivity index (χ1) is 15.2. The molecular weight excluding hydrogens is 467 g/mol. The van der Waals surface area contributed by atoms with E-state index in [1.54, 1.807) is 12.1 Å². The van der Waals surface area contributed by atoms with Crippen LogP contribution in [0.5, 0.6) is 0 Å². The lowest BCUT2D eigenvalue weighted by atomic mass is 10.1. The van der Waals surface area contributed by atoms with Crippen molar-refractivity contribution in [1.29, 1.82) is 0 Å². The van der Waals surface area contributed by atoms with Crippen molar-refractivity contribution in [3.8, 4) is 0 Å². The van der Waals surface area contributed by atoms with Gasteiger partial charge in [0.15, 0.2) is 0 Å². The number of hydrogen-bond acceptors (Lipinski definition) is 3. The predicted molar refractivity (Wildman–Crippen MR) is 128 cm³/mol. The number of hydrogen-bond donors (Lipinski definition) is 1. The Hall–Kier alpha value is -2.38. The SMILES string of the molecule is Cc1ccccc1CN(CC(=O)NC(C)c1ccc(Cl)cc1)S(=O)(=O)c1ccc(Cl)cc1. The smallest absolute Gasteiger partial charge is 0.243 e. The van der Waals surface area contributed by atoms with Crippen molar-refractivity contribution in [3.63, 3.8) is 0 Å². The highest BCUT2D eigenvalue weighted by molar-refractivity contribution is 7.89. The fourth-order valence-electron chi connectivity index (χ4n) is 3.24. The highest BCUT2D eigenvalue weighted by atomic mass is 35.5. The number of nitrogens with zero attached hydrogens (tertiary/aromatic N) is 1. The van der Waals surface area contributed by atoms with Crippen molar-refractivity contribution in [2.75, 3.05) is 6.54 Å². The third-order valence-electron chi connectivity index (χ3n) is 5.13. The Morgan fingerprint density at radius 3 is 2.09 bits per heavy atom. The van der Waals surface area contributed by atoms with Gasteiger partial charge in [0.25, 0.3) is 0 Å². The summed E-state index contributed by atoms with van der Waals surface area (Å²) in [6, 6.07) is 20.2. The van der Waals surface area contributed by atoms with E-state index in [0.29, 0.717) is 10.0 Å². The van der Waals surface area contributed by atoms with Crippen LogP contribution in [-0.4, -0.2) is 25.2 Å². The Morgan fingerprint density at radius 1 is 0.938 bits per heavy atom. The second-order valence-electron chi connectivity index (χ2n) is 7.49. The Morgan fingerprint density at radius 2 is 1.50 bits per heavy atom. The van der Waals surface area contributed by atoms with Gasteiger partial charge in [-0.15, -0.1) is 0 Å². The van der Waals surface area contributed by atoms with Gasteiger partial charge in [0.05, 0.1) is 17.5 Å². The summed E-state index contributed by atoms with van der Waals surface area (Å²) in [6.07, 6.45) is 0. The summed E-state index contributed by atoms with van der Waals surface area (Å²) in [5.74, 6) is -0.404. The number of sulfonamides is 1. The lowest BCUT2D eigenvalue weighted by Gasteiger charge is -2.24. The quantitative estimate of drug-likeness (QED) is 0.461. The van der Waals surface area contributed by atoms with Crippen molar-refractivity contribution in [1.82, 2.24) is 9.62 Å². The highest BCUT2D eigenvalue weighted by Crippen LogP contribution is 2.22. The minimum Gasteiger partial charge on any atom is -0.348 e. The van der Waals surface area contributed by atoms with E-state index >= 15 is 0 Å². The molecule has 0 heterocycles. The van der Waals surface area contributed by atoms with Gasteiger partial charge in [-0.05, 0) is 66.9 Å². The molecule has 1 amide bonds. The molecule has 1 unspecified atom stereocenters. The fraction of sp³-hybridized carbons (Fsp3) is 0.208. The maximum atomic E-state index is 13.4. The molecule has 1 N–H and O–H groups in total. The van der Waals surface area contributed by atoms with Crippen LogP contribution in [0.4, 0.5) is 0 Å². The molecule has 3 aromatic rings. The number of carbonyl (C=O) groups excluding carboxylic acids is 1. The lowest BCUT2D eigenvalue weighted by Crippen LogP contribution is -2.41. The number of rotatable bonds is 8. The van der Waals surface area contributed by atoms with E-state index in [9.17, 15) is 13.2 Å². The molecule has 168 valence electrons. The molecule has 8 heteroatoms. The summed E-state index contributed by atoms with van der Waals surface area (Å²) in [5.41, 5.74) is 2.64. The zero-order valence-electron chi connectivity index (χ0n) is 17.8. The van der Waals surface area contributed by atoms with Gasteiger partial charge >= 0.3 is 0 Å². The number of halogens is 2. The van der Waals surface area contributed by atoms with E-state index in [1.807, 2.05) is 50.2 Å². The van der Waals surface area contributed by atoms with E-state index in [-0.39, 0.29) is 24.0 Å². The molecule has 3 aromatic carbocycles. The Balaban J connectivity index is 1.84. The van der Waals surface area contributed by atoms with Gasteiger partial charge in [0.1, 0.15) is 0 Å². The Bertz CT molecular complexity index is 1180. The number of carbonyl (C=O) groups is 1.